The SMILES string of the molecule is CC(CO)c1cc2c(cc1Cl)OC(C)(C)O2. The second-order valence-electron chi connectivity index (χ2n) is 4.51. The number of aliphatic hydroxyl groups is 1. The average Bonchev–Trinajstić information content (AvgIpc) is 2.48. The van der Waals surface area contributed by atoms with Crippen molar-refractivity contribution in [3.05, 3.63) is 22.7 Å². The maximum Gasteiger partial charge on any atom is 0.246 e. The molecule has 88 valence electrons. The third-order valence-electron chi connectivity index (χ3n) is 2.58. The van der Waals surface area contributed by atoms with E-state index in [9.17, 15) is 0 Å². The molecular formula is C12H15ClO3. The highest BCUT2D eigenvalue weighted by Crippen LogP contribution is 2.43. The minimum Gasteiger partial charge on any atom is -0.449 e. The van der Waals surface area contributed by atoms with E-state index in [-0.39, 0.29) is 12.5 Å². The molecule has 0 aliphatic carbocycles. The summed E-state index contributed by atoms with van der Waals surface area (Å²) in [7, 11) is 0. The van der Waals surface area contributed by atoms with Crippen LogP contribution in [0.25, 0.3) is 0 Å². The summed E-state index contributed by atoms with van der Waals surface area (Å²) in [6, 6.07) is 3.58. The number of hydrogen-bond acceptors (Lipinski definition) is 3. The van der Waals surface area contributed by atoms with Gasteiger partial charge in [-0.3, -0.25) is 0 Å². The predicted molar refractivity (Wildman–Crippen MR) is 62.3 cm³/mol. The van der Waals surface area contributed by atoms with Crippen LogP contribution in [-0.2, 0) is 0 Å². The van der Waals surface area contributed by atoms with Crippen molar-refractivity contribution in [2.45, 2.75) is 32.5 Å². The molecule has 1 aliphatic rings. The minimum absolute atomic E-state index is 0.00916. The number of aliphatic hydroxyl groups excluding tert-OH is 1. The third kappa shape index (κ3) is 1.97. The van der Waals surface area contributed by atoms with Gasteiger partial charge in [0.25, 0.3) is 0 Å². The van der Waals surface area contributed by atoms with Crippen molar-refractivity contribution in [1.82, 2.24) is 0 Å². The molecule has 0 amide bonds. The molecule has 0 spiro atoms. The fourth-order valence-electron chi connectivity index (χ4n) is 1.74. The smallest absolute Gasteiger partial charge is 0.246 e. The van der Waals surface area contributed by atoms with Crippen LogP contribution in [0.15, 0.2) is 12.1 Å². The van der Waals surface area contributed by atoms with Crippen molar-refractivity contribution >= 4 is 11.6 Å². The molecule has 1 aromatic carbocycles. The summed E-state index contributed by atoms with van der Waals surface area (Å²) in [4.78, 5) is 0. The van der Waals surface area contributed by atoms with Crippen LogP contribution in [0.3, 0.4) is 0 Å². The van der Waals surface area contributed by atoms with Crippen LogP contribution >= 0.6 is 11.6 Å². The van der Waals surface area contributed by atoms with Crippen molar-refractivity contribution in [2.75, 3.05) is 6.61 Å². The van der Waals surface area contributed by atoms with Gasteiger partial charge >= 0.3 is 0 Å². The standard InChI is InChI=1S/C12H15ClO3/c1-7(6-14)8-4-10-11(5-9(8)13)16-12(2,3)15-10/h4-5,7,14H,6H2,1-3H3. The van der Waals surface area contributed by atoms with E-state index in [0.717, 1.165) is 5.56 Å². The van der Waals surface area contributed by atoms with Crippen LogP contribution in [0.5, 0.6) is 11.5 Å². The molecule has 4 heteroatoms. The Balaban J connectivity index is 2.41. The van der Waals surface area contributed by atoms with Crippen LogP contribution in [0, 0.1) is 0 Å². The molecule has 0 saturated carbocycles. The number of benzene rings is 1. The fraction of sp³-hybridized carbons (Fsp3) is 0.500. The number of ether oxygens (including phenoxy) is 2. The van der Waals surface area contributed by atoms with Gasteiger partial charge in [0.15, 0.2) is 11.5 Å². The summed E-state index contributed by atoms with van der Waals surface area (Å²) in [5.74, 6) is 0.686. The van der Waals surface area contributed by atoms with Gasteiger partial charge in [-0.15, -0.1) is 0 Å². The van der Waals surface area contributed by atoms with E-state index in [4.69, 9.17) is 26.2 Å². The minimum atomic E-state index is -0.646. The Morgan fingerprint density at radius 2 is 1.88 bits per heavy atom. The molecule has 0 saturated heterocycles. The molecule has 2 rings (SSSR count). The van der Waals surface area contributed by atoms with Gasteiger partial charge in [0, 0.05) is 37.5 Å². The zero-order valence-electron chi connectivity index (χ0n) is 9.58. The molecule has 0 fully saturated rings. The molecule has 1 unspecified atom stereocenters. The highest BCUT2D eigenvalue weighted by Gasteiger charge is 2.32. The molecule has 1 atom stereocenters. The Morgan fingerprint density at radius 3 is 2.44 bits per heavy atom. The second kappa shape index (κ2) is 3.82. The molecule has 0 bridgehead atoms. The topological polar surface area (TPSA) is 38.7 Å². The van der Waals surface area contributed by atoms with Gasteiger partial charge in [-0.1, -0.05) is 18.5 Å². The van der Waals surface area contributed by atoms with E-state index in [1.807, 2.05) is 26.8 Å². The zero-order chi connectivity index (χ0) is 11.9. The Bertz CT molecular complexity index is 415. The molecule has 3 nitrogen and oxygen atoms in total. The third-order valence-corrected chi connectivity index (χ3v) is 2.91. The van der Waals surface area contributed by atoms with Crippen molar-refractivity contribution in [3.8, 4) is 11.5 Å². The molecule has 1 aliphatic heterocycles. The van der Waals surface area contributed by atoms with Crippen molar-refractivity contribution in [1.29, 1.82) is 0 Å². The summed E-state index contributed by atoms with van der Waals surface area (Å²) >= 11 is 6.13. The summed E-state index contributed by atoms with van der Waals surface area (Å²) in [6.07, 6.45) is 0. The summed E-state index contributed by atoms with van der Waals surface area (Å²) in [6.45, 7) is 5.66. The molecular weight excluding hydrogens is 228 g/mol. The lowest BCUT2D eigenvalue weighted by molar-refractivity contribution is -0.0431. The first-order valence-corrected chi connectivity index (χ1v) is 5.63. The Hall–Kier alpha value is -0.930. The first-order chi connectivity index (χ1) is 7.43. The maximum absolute atomic E-state index is 9.13. The Morgan fingerprint density at radius 1 is 1.31 bits per heavy atom. The van der Waals surface area contributed by atoms with E-state index < -0.39 is 5.79 Å². The predicted octanol–water partition coefficient (Wildman–Crippen LogP) is 2.94. The van der Waals surface area contributed by atoms with Crippen LogP contribution in [0.1, 0.15) is 32.3 Å². The van der Waals surface area contributed by atoms with E-state index in [1.54, 1.807) is 6.07 Å². The second-order valence-corrected chi connectivity index (χ2v) is 4.92. The molecule has 1 N–H and O–H groups in total. The molecule has 16 heavy (non-hydrogen) atoms. The Labute approximate surface area is 99.9 Å². The van der Waals surface area contributed by atoms with Gasteiger partial charge in [0.1, 0.15) is 0 Å². The largest absolute Gasteiger partial charge is 0.449 e. The monoisotopic (exact) mass is 242 g/mol. The fourth-order valence-corrected chi connectivity index (χ4v) is 2.08. The number of fused-ring (bicyclic) bond motifs is 1. The lowest BCUT2D eigenvalue weighted by atomic mass is 10.0. The van der Waals surface area contributed by atoms with Crippen molar-refractivity contribution in [2.24, 2.45) is 0 Å². The number of hydrogen-bond donors (Lipinski definition) is 1. The van der Waals surface area contributed by atoms with Gasteiger partial charge in [0.05, 0.1) is 0 Å². The van der Waals surface area contributed by atoms with Crippen LogP contribution in [-0.4, -0.2) is 17.5 Å². The van der Waals surface area contributed by atoms with Crippen LogP contribution in [0.2, 0.25) is 5.02 Å². The first kappa shape index (κ1) is 11.6. The van der Waals surface area contributed by atoms with E-state index >= 15 is 0 Å². The lowest BCUT2D eigenvalue weighted by Crippen LogP contribution is -2.29. The highest BCUT2D eigenvalue weighted by molar-refractivity contribution is 6.31. The van der Waals surface area contributed by atoms with E-state index in [0.29, 0.717) is 16.5 Å². The van der Waals surface area contributed by atoms with E-state index in [1.165, 1.54) is 0 Å². The summed E-state index contributed by atoms with van der Waals surface area (Å²) < 4.78 is 11.2. The highest BCUT2D eigenvalue weighted by atomic mass is 35.5. The molecule has 1 heterocycles. The first-order valence-electron chi connectivity index (χ1n) is 5.25. The van der Waals surface area contributed by atoms with Crippen molar-refractivity contribution < 1.29 is 14.6 Å². The maximum atomic E-state index is 9.13. The Kier molecular flexibility index (Phi) is 2.76. The van der Waals surface area contributed by atoms with Gasteiger partial charge in [-0.05, 0) is 11.6 Å². The van der Waals surface area contributed by atoms with Crippen LogP contribution in [0.4, 0.5) is 0 Å². The number of halogens is 1. The normalized spacial score (nSPS) is 18.6. The van der Waals surface area contributed by atoms with Gasteiger partial charge < -0.3 is 14.6 Å². The number of rotatable bonds is 2. The summed E-state index contributed by atoms with van der Waals surface area (Å²) in [5, 5.41) is 9.73. The molecule has 0 aromatic heterocycles. The quantitative estimate of drug-likeness (QED) is 0.867. The van der Waals surface area contributed by atoms with Gasteiger partial charge in [-0.25, -0.2) is 0 Å². The molecule has 0 radical (unpaired) electrons. The van der Waals surface area contributed by atoms with Crippen molar-refractivity contribution in [3.63, 3.8) is 0 Å². The lowest BCUT2D eigenvalue weighted by Gasteiger charge is -2.16. The molecule has 1 aromatic rings. The van der Waals surface area contributed by atoms with Crippen LogP contribution < -0.4 is 9.47 Å². The zero-order valence-corrected chi connectivity index (χ0v) is 10.3. The average molecular weight is 243 g/mol. The van der Waals surface area contributed by atoms with Gasteiger partial charge in [0.2, 0.25) is 5.79 Å². The summed E-state index contributed by atoms with van der Waals surface area (Å²) in [5.41, 5.74) is 0.879. The van der Waals surface area contributed by atoms with Gasteiger partial charge in [-0.2, -0.15) is 0 Å². The van der Waals surface area contributed by atoms with E-state index in [2.05, 4.69) is 0 Å².